The molecule has 1 fully saturated rings. The molecule has 1 saturated heterocycles. The standard InChI is InChI=1S/C16H26N2O3S/c1-3-14-22(19,20)18-10-8-17(9-11-18)12-13-21-16-7-5-4-6-15(16)2/h4-7H,3,8-14H2,1-2H3. The van der Waals surface area contributed by atoms with Gasteiger partial charge in [-0.2, -0.15) is 4.31 Å². The molecule has 0 aromatic heterocycles. The lowest BCUT2D eigenvalue weighted by Gasteiger charge is -2.33. The van der Waals surface area contributed by atoms with Crippen LogP contribution in [0.1, 0.15) is 18.9 Å². The van der Waals surface area contributed by atoms with Gasteiger partial charge in [0.05, 0.1) is 5.75 Å². The highest BCUT2D eigenvalue weighted by atomic mass is 32.2. The third kappa shape index (κ3) is 4.69. The van der Waals surface area contributed by atoms with Crippen molar-refractivity contribution in [1.29, 1.82) is 0 Å². The minimum Gasteiger partial charge on any atom is -0.492 e. The summed E-state index contributed by atoms with van der Waals surface area (Å²) in [6, 6.07) is 7.98. The molecule has 0 spiro atoms. The molecule has 0 bridgehead atoms. The van der Waals surface area contributed by atoms with Crippen LogP contribution in [0.4, 0.5) is 0 Å². The van der Waals surface area contributed by atoms with Crippen LogP contribution in [0.25, 0.3) is 0 Å². The number of sulfonamides is 1. The zero-order chi connectivity index (χ0) is 16.0. The van der Waals surface area contributed by atoms with Gasteiger partial charge in [0.1, 0.15) is 12.4 Å². The van der Waals surface area contributed by atoms with Crippen LogP contribution in [0.5, 0.6) is 5.75 Å². The second kappa shape index (κ2) is 7.94. The highest BCUT2D eigenvalue weighted by Crippen LogP contribution is 2.16. The lowest BCUT2D eigenvalue weighted by molar-refractivity contribution is 0.158. The molecule has 0 unspecified atom stereocenters. The Hall–Kier alpha value is -1.11. The molecule has 22 heavy (non-hydrogen) atoms. The van der Waals surface area contributed by atoms with Gasteiger partial charge < -0.3 is 4.74 Å². The average molecular weight is 326 g/mol. The van der Waals surface area contributed by atoms with Gasteiger partial charge in [0, 0.05) is 32.7 Å². The highest BCUT2D eigenvalue weighted by molar-refractivity contribution is 7.89. The van der Waals surface area contributed by atoms with Gasteiger partial charge in [-0.3, -0.25) is 4.90 Å². The molecule has 0 radical (unpaired) electrons. The predicted molar refractivity (Wildman–Crippen MR) is 88.8 cm³/mol. The summed E-state index contributed by atoms with van der Waals surface area (Å²) in [4.78, 5) is 2.26. The lowest BCUT2D eigenvalue weighted by Crippen LogP contribution is -2.50. The van der Waals surface area contributed by atoms with Crippen LogP contribution in [0, 0.1) is 6.92 Å². The lowest BCUT2D eigenvalue weighted by atomic mass is 10.2. The van der Waals surface area contributed by atoms with Crippen LogP contribution < -0.4 is 4.74 Å². The van der Waals surface area contributed by atoms with E-state index in [4.69, 9.17) is 4.74 Å². The molecule has 124 valence electrons. The number of benzene rings is 1. The highest BCUT2D eigenvalue weighted by Gasteiger charge is 2.25. The van der Waals surface area contributed by atoms with Gasteiger partial charge in [-0.25, -0.2) is 8.42 Å². The molecule has 0 amide bonds. The van der Waals surface area contributed by atoms with Gasteiger partial charge in [0.15, 0.2) is 0 Å². The fourth-order valence-corrected chi connectivity index (χ4v) is 4.12. The summed E-state index contributed by atoms with van der Waals surface area (Å²) in [7, 11) is -3.05. The summed E-state index contributed by atoms with van der Waals surface area (Å²) >= 11 is 0. The Labute approximate surface area is 133 Å². The third-order valence-electron chi connectivity index (χ3n) is 3.95. The smallest absolute Gasteiger partial charge is 0.214 e. The Kier molecular flexibility index (Phi) is 6.23. The second-order valence-electron chi connectivity index (χ2n) is 5.67. The van der Waals surface area contributed by atoms with Gasteiger partial charge in [-0.15, -0.1) is 0 Å². The van der Waals surface area contributed by atoms with E-state index in [1.54, 1.807) is 4.31 Å². The van der Waals surface area contributed by atoms with Crippen molar-refractivity contribution in [2.45, 2.75) is 20.3 Å². The molecule has 1 aliphatic rings. The first kappa shape index (κ1) is 17.2. The number of rotatable bonds is 7. The van der Waals surface area contributed by atoms with E-state index in [-0.39, 0.29) is 5.75 Å². The SMILES string of the molecule is CCCS(=O)(=O)N1CCN(CCOc2ccccc2C)CC1. The number of hydrogen-bond donors (Lipinski definition) is 0. The zero-order valence-corrected chi connectivity index (χ0v) is 14.3. The Bertz CT molecular complexity index is 567. The van der Waals surface area contributed by atoms with Crippen molar-refractivity contribution in [2.75, 3.05) is 45.1 Å². The molecule has 5 nitrogen and oxygen atoms in total. The van der Waals surface area contributed by atoms with E-state index in [0.717, 1.165) is 30.9 Å². The number of aryl methyl sites for hydroxylation is 1. The molecule has 6 heteroatoms. The molecule has 1 aromatic carbocycles. The van der Waals surface area contributed by atoms with Crippen molar-refractivity contribution < 1.29 is 13.2 Å². The summed E-state index contributed by atoms with van der Waals surface area (Å²) in [6.45, 7) is 8.13. The number of nitrogens with zero attached hydrogens (tertiary/aromatic N) is 2. The van der Waals surface area contributed by atoms with Crippen LogP contribution in [-0.2, 0) is 10.0 Å². The van der Waals surface area contributed by atoms with Crippen LogP contribution in [-0.4, -0.2) is 62.7 Å². The van der Waals surface area contributed by atoms with Gasteiger partial charge in [-0.05, 0) is 25.0 Å². The van der Waals surface area contributed by atoms with E-state index in [1.165, 1.54) is 0 Å². The summed E-state index contributed by atoms with van der Waals surface area (Å²) < 4.78 is 31.4. The molecule has 0 N–H and O–H groups in total. The van der Waals surface area contributed by atoms with E-state index in [9.17, 15) is 8.42 Å². The van der Waals surface area contributed by atoms with Crippen LogP contribution in [0.2, 0.25) is 0 Å². The van der Waals surface area contributed by atoms with E-state index in [1.807, 2.05) is 38.1 Å². The number of para-hydroxylation sites is 1. The summed E-state index contributed by atoms with van der Waals surface area (Å²) in [6.07, 6.45) is 0.673. The summed E-state index contributed by atoms with van der Waals surface area (Å²) in [5.41, 5.74) is 1.14. The largest absolute Gasteiger partial charge is 0.492 e. The maximum absolute atomic E-state index is 12.0. The first-order valence-electron chi connectivity index (χ1n) is 7.91. The van der Waals surface area contributed by atoms with E-state index >= 15 is 0 Å². The molecule has 0 aliphatic carbocycles. The Morgan fingerprint density at radius 2 is 1.82 bits per heavy atom. The van der Waals surface area contributed by atoms with Crippen molar-refractivity contribution in [2.24, 2.45) is 0 Å². The predicted octanol–water partition coefficient (Wildman–Crippen LogP) is 1.73. The van der Waals surface area contributed by atoms with Crippen molar-refractivity contribution in [3.63, 3.8) is 0 Å². The molecule has 1 aliphatic heterocycles. The quantitative estimate of drug-likeness (QED) is 0.766. The zero-order valence-electron chi connectivity index (χ0n) is 13.5. The molecular formula is C16H26N2O3S. The van der Waals surface area contributed by atoms with Crippen LogP contribution in [0.3, 0.4) is 0 Å². The first-order chi connectivity index (χ1) is 10.5. The number of ether oxygens (including phenoxy) is 1. The minimum absolute atomic E-state index is 0.253. The van der Waals surface area contributed by atoms with Crippen LogP contribution >= 0.6 is 0 Å². The van der Waals surface area contributed by atoms with E-state index < -0.39 is 10.0 Å². The molecule has 1 aromatic rings. The maximum Gasteiger partial charge on any atom is 0.214 e. The Balaban J connectivity index is 1.73. The average Bonchev–Trinajstić information content (AvgIpc) is 2.50. The van der Waals surface area contributed by atoms with Crippen molar-refractivity contribution in [3.05, 3.63) is 29.8 Å². The fourth-order valence-electron chi connectivity index (χ4n) is 2.62. The second-order valence-corrected chi connectivity index (χ2v) is 7.76. The van der Waals surface area contributed by atoms with E-state index in [0.29, 0.717) is 26.1 Å². The van der Waals surface area contributed by atoms with Gasteiger partial charge >= 0.3 is 0 Å². The summed E-state index contributed by atoms with van der Waals surface area (Å²) in [5, 5.41) is 0. The topological polar surface area (TPSA) is 49.9 Å². The van der Waals surface area contributed by atoms with Crippen LogP contribution in [0.15, 0.2) is 24.3 Å². The van der Waals surface area contributed by atoms with Crippen molar-refractivity contribution in [1.82, 2.24) is 9.21 Å². The molecular weight excluding hydrogens is 300 g/mol. The van der Waals surface area contributed by atoms with Gasteiger partial charge in [-0.1, -0.05) is 25.1 Å². The van der Waals surface area contributed by atoms with Gasteiger partial charge in [0.2, 0.25) is 10.0 Å². The number of piperazine rings is 1. The summed E-state index contributed by atoms with van der Waals surface area (Å²) in [5.74, 6) is 1.18. The van der Waals surface area contributed by atoms with Gasteiger partial charge in [0.25, 0.3) is 0 Å². The third-order valence-corrected chi connectivity index (χ3v) is 6.02. The normalized spacial score (nSPS) is 17.5. The van der Waals surface area contributed by atoms with Crippen molar-refractivity contribution >= 4 is 10.0 Å². The minimum atomic E-state index is -3.05. The first-order valence-corrected chi connectivity index (χ1v) is 9.52. The Morgan fingerprint density at radius 1 is 1.14 bits per heavy atom. The van der Waals surface area contributed by atoms with Crippen molar-refractivity contribution in [3.8, 4) is 5.75 Å². The molecule has 0 saturated carbocycles. The Morgan fingerprint density at radius 3 is 2.45 bits per heavy atom. The monoisotopic (exact) mass is 326 g/mol. The fraction of sp³-hybridized carbons (Fsp3) is 0.625. The maximum atomic E-state index is 12.0. The molecule has 2 rings (SSSR count). The van der Waals surface area contributed by atoms with E-state index in [2.05, 4.69) is 4.90 Å². The molecule has 1 heterocycles. The molecule has 0 atom stereocenters. The number of hydrogen-bond acceptors (Lipinski definition) is 4.